The first-order valence-corrected chi connectivity index (χ1v) is 10.2. The van der Waals surface area contributed by atoms with Gasteiger partial charge < -0.3 is 16.4 Å². The lowest BCUT2D eigenvalue weighted by molar-refractivity contribution is -0.123. The lowest BCUT2D eigenvalue weighted by atomic mass is 9.97. The number of nitrogens with two attached hydrogens (primary N) is 1. The number of carbonyl (C=O) groups is 1. The average Bonchev–Trinajstić information content (AvgIpc) is 2.67. The fourth-order valence-electron chi connectivity index (χ4n) is 3.41. The van der Waals surface area contributed by atoms with E-state index in [-0.39, 0.29) is 35.8 Å². The number of hydrogen-bond acceptors (Lipinski definition) is 3. The Labute approximate surface area is 186 Å². The highest BCUT2D eigenvalue weighted by atomic mass is 127. The molecule has 4 N–H and O–H groups in total. The number of aliphatic imine (C=N–C) groups is 1. The maximum atomic E-state index is 11.5. The first-order chi connectivity index (χ1) is 13.1. The predicted octanol–water partition coefficient (Wildman–Crippen LogP) is 2.86. The van der Waals surface area contributed by atoms with Crippen molar-refractivity contribution in [1.82, 2.24) is 15.5 Å². The van der Waals surface area contributed by atoms with Crippen LogP contribution in [0.3, 0.4) is 0 Å². The van der Waals surface area contributed by atoms with Crippen LogP contribution in [0.1, 0.15) is 50.7 Å². The Kier molecular flexibility index (Phi) is 12.1. The van der Waals surface area contributed by atoms with Crippen molar-refractivity contribution >= 4 is 35.8 Å². The summed E-state index contributed by atoms with van der Waals surface area (Å²) in [5.41, 5.74) is 7.95. The molecule has 6 nitrogen and oxygen atoms in total. The van der Waals surface area contributed by atoms with E-state index in [2.05, 4.69) is 53.6 Å². The van der Waals surface area contributed by atoms with Crippen LogP contribution in [-0.2, 0) is 17.9 Å². The Hall–Kier alpha value is -1.35. The van der Waals surface area contributed by atoms with Gasteiger partial charge in [0, 0.05) is 26.2 Å². The molecule has 0 bridgehead atoms. The van der Waals surface area contributed by atoms with E-state index in [0.717, 1.165) is 57.9 Å². The molecule has 0 radical (unpaired) electrons. The van der Waals surface area contributed by atoms with Crippen molar-refractivity contribution < 1.29 is 4.79 Å². The molecular formula is C21H36IN5O. The quantitative estimate of drug-likeness (QED) is 0.210. The first kappa shape index (κ1) is 24.7. The molecule has 2 rings (SSSR count). The number of hydrogen-bond donors (Lipinski definition) is 3. The van der Waals surface area contributed by atoms with E-state index in [1.165, 1.54) is 17.5 Å². The van der Waals surface area contributed by atoms with Gasteiger partial charge in [0.05, 0.1) is 12.5 Å². The van der Waals surface area contributed by atoms with Gasteiger partial charge in [0.2, 0.25) is 5.91 Å². The van der Waals surface area contributed by atoms with E-state index in [0.29, 0.717) is 6.54 Å². The van der Waals surface area contributed by atoms with Crippen molar-refractivity contribution in [3.05, 3.63) is 35.4 Å². The maximum absolute atomic E-state index is 11.5. The number of amides is 1. The van der Waals surface area contributed by atoms with Gasteiger partial charge in [-0.25, -0.2) is 4.99 Å². The Morgan fingerprint density at radius 1 is 1.29 bits per heavy atom. The normalized spacial score (nSPS) is 17.6. The zero-order valence-electron chi connectivity index (χ0n) is 17.2. The first-order valence-electron chi connectivity index (χ1n) is 10.2. The van der Waals surface area contributed by atoms with Crippen LogP contribution >= 0.6 is 24.0 Å². The maximum Gasteiger partial charge on any atom is 0.221 e. The second kappa shape index (κ2) is 13.8. The summed E-state index contributed by atoms with van der Waals surface area (Å²) in [7, 11) is 0. The summed E-state index contributed by atoms with van der Waals surface area (Å²) in [6, 6.07) is 8.57. The molecule has 158 valence electrons. The smallest absolute Gasteiger partial charge is 0.221 e. The van der Waals surface area contributed by atoms with E-state index in [1.807, 2.05) is 0 Å². The number of piperidine rings is 1. The molecule has 0 spiro atoms. The van der Waals surface area contributed by atoms with Crippen molar-refractivity contribution in [1.29, 1.82) is 0 Å². The number of carbonyl (C=O) groups excluding carboxylic acids is 1. The molecule has 28 heavy (non-hydrogen) atoms. The van der Waals surface area contributed by atoms with Crippen LogP contribution in [-0.4, -0.2) is 42.9 Å². The van der Waals surface area contributed by atoms with E-state index in [4.69, 9.17) is 10.7 Å². The minimum Gasteiger partial charge on any atom is -0.369 e. The number of rotatable bonds is 9. The lowest BCUT2D eigenvalue weighted by Crippen LogP contribution is -2.40. The number of primary amides is 1. The van der Waals surface area contributed by atoms with Gasteiger partial charge in [-0.3, -0.25) is 9.69 Å². The zero-order chi connectivity index (χ0) is 19.5. The highest BCUT2D eigenvalue weighted by Crippen LogP contribution is 2.19. The molecular weight excluding hydrogens is 465 g/mol. The molecule has 1 unspecified atom stereocenters. The van der Waals surface area contributed by atoms with Crippen molar-refractivity contribution in [3.63, 3.8) is 0 Å². The van der Waals surface area contributed by atoms with Gasteiger partial charge in [-0.05, 0) is 43.9 Å². The zero-order valence-corrected chi connectivity index (χ0v) is 19.6. The summed E-state index contributed by atoms with van der Waals surface area (Å²) in [6.45, 7) is 9.37. The predicted molar refractivity (Wildman–Crippen MR) is 127 cm³/mol. The molecule has 1 amide bonds. The minimum absolute atomic E-state index is 0. The monoisotopic (exact) mass is 501 g/mol. The highest BCUT2D eigenvalue weighted by molar-refractivity contribution is 14.0. The molecule has 1 atom stereocenters. The van der Waals surface area contributed by atoms with Crippen LogP contribution < -0.4 is 16.4 Å². The van der Waals surface area contributed by atoms with Crippen LogP contribution in [0.15, 0.2) is 29.3 Å². The van der Waals surface area contributed by atoms with Gasteiger partial charge >= 0.3 is 0 Å². The van der Waals surface area contributed by atoms with E-state index >= 15 is 0 Å². The molecule has 0 saturated carbocycles. The molecule has 0 aromatic heterocycles. The van der Waals surface area contributed by atoms with E-state index in [1.54, 1.807) is 0 Å². The molecule has 1 aromatic rings. The van der Waals surface area contributed by atoms with Gasteiger partial charge in [-0.2, -0.15) is 0 Å². The van der Waals surface area contributed by atoms with E-state index < -0.39 is 0 Å². The lowest BCUT2D eigenvalue weighted by Gasteiger charge is -2.31. The molecule has 1 aliphatic heterocycles. The van der Waals surface area contributed by atoms with Crippen molar-refractivity contribution in [3.8, 4) is 0 Å². The highest BCUT2D eigenvalue weighted by Gasteiger charge is 2.23. The largest absolute Gasteiger partial charge is 0.369 e. The number of benzene rings is 1. The molecule has 1 heterocycles. The summed E-state index contributed by atoms with van der Waals surface area (Å²) < 4.78 is 0. The Morgan fingerprint density at radius 2 is 2.07 bits per heavy atom. The minimum atomic E-state index is -0.172. The summed E-state index contributed by atoms with van der Waals surface area (Å²) in [4.78, 5) is 18.5. The molecule has 7 heteroatoms. The number of nitrogens with zero attached hydrogens (tertiary/aromatic N) is 2. The molecule has 0 aliphatic carbocycles. The second-order valence-electron chi connectivity index (χ2n) is 7.27. The van der Waals surface area contributed by atoms with Crippen LogP contribution in [0, 0.1) is 5.92 Å². The van der Waals surface area contributed by atoms with Gasteiger partial charge in [-0.1, -0.05) is 37.6 Å². The summed E-state index contributed by atoms with van der Waals surface area (Å²) >= 11 is 0. The topological polar surface area (TPSA) is 82.8 Å². The number of likely N-dealkylation sites (tertiary alicyclic amines) is 1. The SMILES string of the molecule is CCCCNC(=NCc1cccc(CN2CCCC(C(N)=O)C2)c1)NCC.I. The van der Waals surface area contributed by atoms with Gasteiger partial charge in [0.25, 0.3) is 0 Å². The third kappa shape index (κ3) is 8.77. The van der Waals surface area contributed by atoms with Crippen molar-refractivity contribution in [2.75, 3.05) is 26.2 Å². The Balaban J connectivity index is 0.00000392. The number of halogens is 1. The summed E-state index contributed by atoms with van der Waals surface area (Å²) in [5.74, 6) is 0.689. The Bertz CT molecular complexity index is 623. The van der Waals surface area contributed by atoms with Crippen LogP contribution in [0.4, 0.5) is 0 Å². The molecule has 1 fully saturated rings. The van der Waals surface area contributed by atoms with Crippen LogP contribution in [0.2, 0.25) is 0 Å². The summed E-state index contributed by atoms with van der Waals surface area (Å²) in [6.07, 6.45) is 4.26. The summed E-state index contributed by atoms with van der Waals surface area (Å²) in [5, 5.41) is 6.67. The standard InChI is InChI=1S/C21H35N5O.HI/c1-3-5-11-24-21(23-4-2)25-14-17-8-6-9-18(13-17)15-26-12-7-10-19(16-26)20(22)27;/h6,8-9,13,19H,3-5,7,10-12,14-16H2,1-2H3,(H2,22,27)(H2,23,24,25);1H. The average molecular weight is 501 g/mol. The number of unbranched alkanes of at least 4 members (excludes halogenated alkanes) is 1. The third-order valence-corrected chi connectivity index (χ3v) is 4.89. The second-order valence-corrected chi connectivity index (χ2v) is 7.27. The Morgan fingerprint density at radius 3 is 2.79 bits per heavy atom. The fraction of sp³-hybridized carbons (Fsp3) is 0.619. The van der Waals surface area contributed by atoms with Gasteiger partial charge in [-0.15, -0.1) is 24.0 Å². The molecule has 1 aromatic carbocycles. The number of nitrogens with one attached hydrogen (secondary N) is 2. The van der Waals surface area contributed by atoms with E-state index in [9.17, 15) is 4.79 Å². The number of guanidine groups is 1. The van der Waals surface area contributed by atoms with Crippen molar-refractivity contribution in [2.24, 2.45) is 16.6 Å². The molecule has 1 saturated heterocycles. The molecule has 1 aliphatic rings. The van der Waals surface area contributed by atoms with Gasteiger partial charge in [0.15, 0.2) is 5.96 Å². The van der Waals surface area contributed by atoms with Gasteiger partial charge in [0.1, 0.15) is 0 Å². The van der Waals surface area contributed by atoms with Crippen molar-refractivity contribution in [2.45, 2.75) is 52.6 Å². The van der Waals surface area contributed by atoms with Crippen LogP contribution in [0.5, 0.6) is 0 Å². The third-order valence-electron chi connectivity index (χ3n) is 4.89. The van der Waals surface area contributed by atoms with Crippen LogP contribution in [0.25, 0.3) is 0 Å². The fourth-order valence-corrected chi connectivity index (χ4v) is 3.41.